The van der Waals surface area contributed by atoms with E-state index in [4.69, 9.17) is 15.2 Å². The van der Waals surface area contributed by atoms with E-state index in [9.17, 15) is 10.2 Å². The Balaban J connectivity index is 1.58. The third-order valence-electron chi connectivity index (χ3n) is 6.30. The molecule has 2 fully saturated rings. The Kier molecular flexibility index (Phi) is 6.83. The number of rotatable bonds is 6. The third-order valence-corrected chi connectivity index (χ3v) is 6.30. The first-order valence-corrected chi connectivity index (χ1v) is 10.8. The van der Waals surface area contributed by atoms with Crippen LogP contribution in [0.15, 0.2) is 48.5 Å². The van der Waals surface area contributed by atoms with Gasteiger partial charge in [0, 0.05) is 37.7 Å². The van der Waals surface area contributed by atoms with Crippen molar-refractivity contribution in [2.24, 2.45) is 11.7 Å². The fourth-order valence-corrected chi connectivity index (χ4v) is 4.37. The van der Waals surface area contributed by atoms with E-state index in [-0.39, 0.29) is 30.8 Å². The SMILES string of the molecule is C[C@@H]1[C@H](CN2CC[C@H](O)C2)O[C@H](c2ccc(CN)cc2)O[C@@H]1c1ccc(CO)cc1. The zero-order valence-electron chi connectivity index (χ0n) is 17.5. The molecule has 0 saturated carbocycles. The molecule has 0 radical (unpaired) electrons. The summed E-state index contributed by atoms with van der Waals surface area (Å²) in [7, 11) is 0. The Hall–Kier alpha value is -1.80. The first-order chi connectivity index (χ1) is 14.6. The van der Waals surface area contributed by atoms with Crippen LogP contribution in [0.2, 0.25) is 0 Å². The molecule has 2 aromatic carbocycles. The molecule has 6 nitrogen and oxygen atoms in total. The lowest BCUT2D eigenvalue weighted by molar-refractivity contribution is -0.276. The summed E-state index contributed by atoms with van der Waals surface area (Å²) in [5.74, 6) is 0.141. The zero-order chi connectivity index (χ0) is 21.1. The van der Waals surface area contributed by atoms with Crippen molar-refractivity contribution in [1.82, 2.24) is 4.90 Å². The highest BCUT2D eigenvalue weighted by Crippen LogP contribution is 2.42. The van der Waals surface area contributed by atoms with Crippen molar-refractivity contribution >= 4 is 0 Å². The molecule has 0 aromatic heterocycles. The summed E-state index contributed by atoms with van der Waals surface area (Å²) in [6, 6.07) is 16.0. The molecule has 30 heavy (non-hydrogen) atoms. The highest BCUT2D eigenvalue weighted by atomic mass is 16.7. The summed E-state index contributed by atoms with van der Waals surface area (Å²) in [6.45, 7) is 5.04. The lowest BCUT2D eigenvalue weighted by atomic mass is 9.90. The molecular formula is C24H32N2O4. The standard InChI is InChI=1S/C24H32N2O4/c1-16-22(14-26-11-10-21(28)13-26)29-24(20-8-2-17(12-25)3-9-20)30-23(16)19-6-4-18(15-27)5-7-19/h2-9,16,21-24,27-28H,10-15,25H2,1H3/t16-,21+,22+,23+,24+/m1/s1. The van der Waals surface area contributed by atoms with Crippen molar-refractivity contribution in [3.8, 4) is 0 Å². The predicted molar refractivity (Wildman–Crippen MR) is 114 cm³/mol. The maximum atomic E-state index is 9.92. The van der Waals surface area contributed by atoms with E-state index >= 15 is 0 Å². The van der Waals surface area contributed by atoms with Crippen LogP contribution >= 0.6 is 0 Å². The largest absolute Gasteiger partial charge is 0.392 e. The van der Waals surface area contributed by atoms with Crippen LogP contribution in [0, 0.1) is 5.92 Å². The number of β-amino-alcohol motifs (C(OH)–C–C–N with tert-alkyl or cyclic N) is 1. The number of aliphatic hydroxyl groups excluding tert-OH is 2. The first kappa shape index (κ1) is 21.4. The van der Waals surface area contributed by atoms with Crippen LogP contribution in [0.3, 0.4) is 0 Å². The Morgan fingerprint density at radius 1 is 1.00 bits per heavy atom. The van der Waals surface area contributed by atoms with Crippen molar-refractivity contribution in [3.05, 3.63) is 70.8 Å². The summed E-state index contributed by atoms with van der Waals surface area (Å²) in [5, 5.41) is 19.3. The molecular weight excluding hydrogens is 380 g/mol. The van der Waals surface area contributed by atoms with Gasteiger partial charge in [-0.15, -0.1) is 0 Å². The third kappa shape index (κ3) is 4.75. The van der Waals surface area contributed by atoms with E-state index in [0.717, 1.165) is 41.8 Å². The molecule has 0 amide bonds. The maximum Gasteiger partial charge on any atom is 0.184 e. The van der Waals surface area contributed by atoms with Gasteiger partial charge in [0.2, 0.25) is 0 Å². The summed E-state index contributed by atoms with van der Waals surface area (Å²) < 4.78 is 12.9. The molecule has 0 aliphatic carbocycles. The van der Waals surface area contributed by atoms with E-state index in [0.29, 0.717) is 13.1 Å². The summed E-state index contributed by atoms with van der Waals surface area (Å²) in [5.41, 5.74) is 9.75. The molecule has 162 valence electrons. The Bertz CT molecular complexity index is 811. The smallest absolute Gasteiger partial charge is 0.184 e. The normalized spacial score (nSPS) is 29.9. The molecule has 2 heterocycles. The second-order valence-corrected chi connectivity index (χ2v) is 8.47. The Labute approximate surface area is 178 Å². The maximum absolute atomic E-state index is 9.92. The second-order valence-electron chi connectivity index (χ2n) is 8.47. The van der Waals surface area contributed by atoms with Crippen molar-refractivity contribution < 1.29 is 19.7 Å². The van der Waals surface area contributed by atoms with Crippen LogP contribution in [0.4, 0.5) is 0 Å². The van der Waals surface area contributed by atoms with Gasteiger partial charge in [0.15, 0.2) is 6.29 Å². The Morgan fingerprint density at radius 2 is 1.67 bits per heavy atom. The van der Waals surface area contributed by atoms with Crippen molar-refractivity contribution in [1.29, 1.82) is 0 Å². The summed E-state index contributed by atoms with van der Waals surface area (Å²) in [4.78, 5) is 2.28. The van der Waals surface area contributed by atoms with Gasteiger partial charge in [-0.3, -0.25) is 4.90 Å². The minimum Gasteiger partial charge on any atom is -0.392 e. The number of hydrogen-bond acceptors (Lipinski definition) is 6. The lowest BCUT2D eigenvalue weighted by Gasteiger charge is -2.42. The second kappa shape index (κ2) is 9.56. The molecule has 2 aliphatic rings. The molecule has 2 saturated heterocycles. The van der Waals surface area contributed by atoms with Gasteiger partial charge in [-0.25, -0.2) is 0 Å². The van der Waals surface area contributed by atoms with Gasteiger partial charge in [0.1, 0.15) is 0 Å². The number of hydrogen-bond donors (Lipinski definition) is 3. The molecule has 0 bridgehead atoms. The van der Waals surface area contributed by atoms with Crippen LogP contribution < -0.4 is 5.73 Å². The predicted octanol–water partition coefficient (Wildman–Crippen LogP) is 2.50. The van der Waals surface area contributed by atoms with Crippen molar-refractivity contribution in [2.75, 3.05) is 19.6 Å². The fraction of sp³-hybridized carbons (Fsp3) is 0.500. The highest BCUT2D eigenvalue weighted by Gasteiger charge is 2.39. The number of ether oxygens (including phenoxy) is 2. The quantitative estimate of drug-likeness (QED) is 0.676. The van der Waals surface area contributed by atoms with Gasteiger partial charge in [-0.2, -0.15) is 0 Å². The van der Waals surface area contributed by atoms with E-state index in [2.05, 4.69) is 11.8 Å². The van der Waals surface area contributed by atoms with Gasteiger partial charge >= 0.3 is 0 Å². The van der Waals surface area contributed by atoms with E-state index in [1.165, 1.54) is 0 Å². The zero-order valence-corrected chi connectivity index (χ0v) is 17.5. The average Bonchev–Trinajstić information content (AvgIpc) is 3.20. The molecule has 6 heteroatoms. The monoisotopic (exact) mass is 412 g/mol. The minimum absolute atomic E-state index is 0.0225. The van der Waals surface area contributed by atoms with Gasteiger partial charge in [0.25, 0.3) is 0 Å². The van der Waals surface area contributed by atoms with E-state index in [1.54, 1.807) is 0 Å². The number of likely N-dealkylation sites (tertiary alicyclic amines) is 1. The minimum atomic E-state index is -0.465. The average molecular weight is 413 g/mol. The summed E-state index contributed by atoms with van der Waals surface area (Å²) >= 11 is 0. The molecule has 4 N–H and O–H groups in total. The van der Waals surface area contributed by atoms with Crippen LogP contribution in [0.1, 0.15) is 48.0 Å². The van der Waals surface area contributed by atoms with Crippen LogP contribution in [-0.2, 0) is 22.6 Å². The highest BCUT2D eigenvalue weighted by molar-refractivity contribution is 5.27. The number of benzene rings is 2. The summed E-state index contributed by atoms with van der Waals surface area (Å²) in [6.07, 6.45) is -0.0447. The molecule has 0 unspecified atom stereocenters. The molecule has 4 rings (SSSR count). The van der Waals surface area contributed by atoms with Gasteiger partial charge in [0.05, 0.1) is 24.9 Å². The van der Waals surface area contributed by atoms with Crippen molar-refractivity contribution in [2.45, 2.75) is 51.1 Å². The molecule has 0 spiro atoms. The van der Waals surface area contributed by atoms with Gasteiger partial charge in [-0.05, 0) is 23.1 Å². The fourth-order valence-electron chi connectivity index (χ4n) is 4.37. The molecule has 5 atom stereocenters. The molecule has 2 aliphatic heterocycles. The Morgan fingerprint density at radius 3 is 2.27 bits per heavy atom. The van der Waals surface area contributed by atoms with E-state index in [1.807, 2.05) is 48.5 Å². The topological polar surface area (TPSA) is 88.2 Å². The number of aliphatic hydroxyl groups is 2. The van der Waals surface area contributed by atoms with Crippen LogP contribution in [0.25, 0.3) is 0 Å². The molecule has 2 aromatic rings. The lowest BCUT2D eigenvalue weighted by Crippen LogP contribution is -2.44. The number of nitrogens with zero attached hydrogens (tertiary/aromatic N) is 1. The van der Waals surface area contributed by atoms with Gasteiger partial charge < -0.3 is 25.4 Å². The van der Waals surface area contributed by atoms with Gasteiger partial charge in [-0.1, -0.05) is 55.5 Å². The van der Waals surface area contributed by atoms with E-state index < -0.39 is 6.29 Å². The first-order valence-electron chi connectivity index (χ1n) is 10.8. The van der Waals surface area contributed by atoms with Crippen LogP contribution in [0.5, 0.6) is 0 Å². The van der Waals surface area contributed by atoms with Crippen LogP contribution in [-0.4, -0.2) is 47.0 Å². The van der Waals surface area contributed by atoms with Crippen molar-refractivity contribution in [3.63, 3.8) is 0 Å². The number of nitrogens with two attached hydrogens (primary N) is 1.